The molecular formula is C27H25N3O3. The van der Waals surface area contributed by atoms with Crippen LogP contribution in [0.25, 0.3) is 22.8 Å². The Hall–Kier alpha value is -4.06. The maximum absolute atomic E-state index is 13.4. The standard InChI is InChI=1S/C27H25N3O3/c1-32-22-11-7-10-21(18-22)29-14-16-30(17-15-29)27(31)24-13-6-5-12-23(24)26-28-19-25(33-26)20-8-3-2-4-9-20/h2-13,18-19H,14-17H2,1H3. The number of carbonyl (C=O) groups excluding carboxylic acids is 1. The minimum absolute atomic E-state index is 0.00430. The van der Waals surface area contributed by atoms with E-state index in [0.29, 0.717) is 35.9 Å². The fourth-order valence-electron chi connectivity index (χ4n) is 4.14. The Kier molecular flexibility index (Phi) is 5.81. The zero-order valence-electron chi connectivity index (χ0n) is 18.5. The summed E-state index contributed by atoms with van der Waals surface area (Å²) in [5.41, 5.74) is 3.37. The summed E-state index contributed by atoms with van der Waals surface area (Å²) in [4.78, 5) is 22.1. The Morgan fingerprint density at radius 1 is 0.909 bits per heavy atom. The molecule has 2 heterocycles. The molecule has 166 valence electrons. The highest BCUT2D eigenvalue weighted by Crippen LogP contribution is 2.29. The van der Waals surface area contributed by atoms with Gasteiger partial charge in [0.15, 0.2) is 5.76 Å². The normalized spacial score (nSPS) is 13.7. The van der Waals surface area contributed by atoms with Gasteiger partial charge in [-0.3, -0.25) is 4.79 Å². The van der Waals surface area contributed by atoms with Crippen molar-refractivity contribution in [1.82, 2.24) is 9.88 Å². The lowest BCUT2D eigenvalue weighted by molar-refractivity contribution is 0.0747. The van der Waals surface area contributed by atoms with Gasteiger partial charge < -0.3 is 19.0 Å². The molecular weight excluding hydrogens is 414 g/mol. The Morgan fingerprint density at radius 2 is 1.67 bits per heavy atom. The average Bonchev–Trinajstić information content (AvgIpc) is 3.39. The van der Waals surface area contributed by atoms with Crippen LogP contribution in [0.2, 0.25) is 0 Å². The summed E-state index contributed by atoms with van der Waals surface area (Å²) in [7, 11) is 1.67. The number of nitrogens with zero attached hydrogens (tertiary/aromatic N) is 3. The van der Waals surface area contributed by atoms with E-state index in [1.807, 2.05) is 77.7 Å². The third-order valence-electron chi connectivity index (χ3n) is 5.94. The molecule has 0 radical (unpaired) electrons. The lowest BCUT2D eigenvalue weighted by Crippen LogP contribution is -2.48. The quantitative estimate of drug-likeness (QED) is 0.439. The molecule has 6 nitrogen and oxygen atoms in total. The smallest absolute Gasteiger partial charge is 0.254 e. The van der Waals surface area contributed by atoms with Crippen molar-refractivity contribution in [3.63, 3.8) is 0 Å². The van der Waals surface area contributed by atoms with Crippen LogP contribution in [0.1, 0.15) is 10.4 Å². The number of piperazine rings is 1. The number of rotatable bonds is 5. The third-order valence-corrected chi connectivity index (χ3v) is 5.94. The molecule has 33 heavy (non-hydrogen) atoms. The van der Waals surface area contributed by atoms with Crippen LogP contribution in [0.3, 0.4) is 0 Å². The van der Waals surface area contributed by atoms with Gasteiger partial charge in [0.05, 0.1) is 18.9 Å². The van der Waals surface area contributed by atoms with Crippen molar-refractivity contribution in [2.24, 2.45) is 0 Å². The molecule has 1 aromatic heterocycles. The zero-order valence-corrected chi connectivity index (χ0v) is 18.5. The summed E-state index contributed by atoms with van der Waals surface area (Å²) in [5.74, 6) is 1.96. The first kappa shape index (κ1) is 20.8. The van der Waals surface area contributed by atoms with E-state index in [1.54, 1.807) is 13.3 Å². The molecule has 1 aliphatic rings. The first-order valence-corrected chi connectivity index (χ1v) is 11.0. The van der Waals surface area contributed by atoms with Crippen LogP contribution in [0.15, 0.2) is 89.5 Å². The molecule has 3 aromatic carbocycles. The largest absolute Gasteiger partial charge is 0.497 e. The summed E-state index contributed by atoms with van der Waals surface area (Å²) >= 11 is 0. The van der Waals surface area contributed by atoms with E-state index in [1.165, 1.54) is 0 Å². The van der Waals surface area contributed by atoms with Gasteiger partial charge in [0.25, 0.3) is 5.91 Å². The number of anilines is 1. The molecule has 0 spiro atoms. The lowest BCUT2D eigenvalue weighted by atomic mass is 10.1. The Labute approximate surface area is 193 Å². The van der Waals surface area contributed by atoms with E-state index in [-0.39, 0.29) is 5.91 Å². The van der Waals surface area contributed by atoms with Crippen LogP contribution in [0, 0.1) is 0 Å². The maximum atomic E-state index is 13.4. The summed E-state index contributed by atoms with van der Waals surface area (Å²) in [6.45, 7) is 2.81. The Balaban J connectivity index is 1.33. The highest BCUT2D eigenvalue weighted by Gasteiger charge is 2.25. The summed E-state index contributed by atoms with van der Waals surface area (Å²) < 4.78 is 11.4. The number of aromatic nitrogens is 1. The molecule has 0 aliphatic carbocycles. The molecule has 0 saturated carbocycles. The lowest BCUT2D eigenvalue weighted by Gasteiger charge is -2.36. The van der Waals surface area contributed by atoms with Gasteiger partial charge in [-0.1, -0.05) is 48.5 Å². The molecule has 5 rings (SSSR count). The SMILES string of the molecule is COc1cccc(N2CCN(C(=O)c3ccccc3-c3ncc(-c4ccccc4)o3)CC2)c1. The molecule has 0 atom stereocenters. The van der Waals surface area contributed by atoms with E-state index < -0.39 is 0 Å². The summed E-state index contributed by atoms with van der Waals surface area (Å²) in [6, 6.07) is 25.4. The van der Waals surface area contributed by atoms with Crippen LogP contribution >= 0.6 is 0 Å². The Bertz CT molecular complexity index is 1240. The van der Waals surface area contributed by atoms with Gasteiger partial charge in [-0.05, 0) is 24.3 Å². The minimum Gasteiger partial charge on any atom is -0.497 e. The fraction of sp³-hybridized carbons (Fsp3) is 0.185. The molecule has 6 heteroatoms. The van der Waals surface area contributed by atoms with Crippen LogP contribution < -0.4 is 9.64 Å². The topological polar surface area (TPSA) is 58.8 Å². The van der Waals surface area contributed by atoms with Crippen molar-refractivity contribution in [3.05, 3.63) is 90.6 Å². The van der Waals surface area contributed by atoms with Crippen LogP contribution in [0.4, 0.5) is 5.69 Å². The van der Waals surface area contributed by atoms with Crippen molar-refractivity contribution in [3.8, 4) is 28.5 Å². The molecule has 4 aromatic rings. The van der Waals surface area contributed by atoms with Crippen molar-refractivity contribution in [1.29, 1.82) is 0 Å². The minimum atomic E-state index is -0.00430. The molecule has 1 fully saturated rings. The predicted molar refractivity (Wildman–Crippen MR) is 128 cm³/mol. The second-order valence-corrected chi connectivity index (χ2v) is 7.92. The van der Waals surface area contributed by atoms with E-state index >= 15 is 0 Å². The van der Waals surface area contributed by atoms with Crippen molar-refractivity contribution >= 4 is 11.6 Å². The number of hydrogen-bond donors (Lipinski definition) is 0. The van der Waals surface area contributed by atoms with Gasteiger partial charge in [0, 0.05) is 49.1 Å². The number of methoxy groups -OCH3 is 1. The van der Waals surface area contributed by atoms with Crippen molar-refractivity contribution in [2.75, 3.05) is 38.2 Å². The second kappa shape index (κ2) is 9.20. The number of carbonyl (C=O) groups is 1. The first-order chi connectivity index (χ1) is 16.2. The van der Waals surface area contributed by atoms with Gasteiger partial charge in [0.1, 0.15) is 5.75 Å². The van der Waals surface area contributed by atoms with E-state index in [4.69, 9.17) is 9.15 Å². The van der Waals surface area contributed by atoms with Crippen LogP contribution in [-0.4, -0.2) is 49.1 Å². The number of hydrogen-bond acceptors (Lipinski definition) is 5. The van der Waals surface area contributed by atoms with Gasteiger partial charge in [0.2, 0.25) is 5.89 Å². The maximum Gasteiger partial charge on any atom is 0.254 e. The van der Waals surface area contributed by atoms with Gasteiger partial charge in [-0.2, -0.15) is 0 Å². The van der Waals surface area contributed by atoms with Gasteiger partial charge in [-0.25, -0.2) is 4.98 Å². The number of benzene rings is 3. The predicted octanol–water partition coefficient (Wildman–Crippen LogP) is 4.98. The number of oxazole rings is 1. The van der Waals surface area contributed by atoms with Crippen molar-refractivity contribution in [2.45, 2.75) is 0 Å². The summed E-state index contributed by atoms with van der Waals surface area (Å²) in [6.07, 6.45) is 1.71. The highest BCUT2D eigenvalue weighted by atomic mass is 16.5. The Morgan fingerprint density at radius 3 is 2.45 bits per heavy atom. The molecule has 0 N–H and O–H groups in total. The van der Waals surface area contributed by atoms with Gasteiger partial charge in [-0.15, -0.1) is 0 Å². The number of ether oxygens (including phenoxy) is 1. The fourth-order valence-corrected chi connectivity index (χ4v) is 4.14. The third kappa shape index (κ3) is 4.32. The summed E-state index contributed by atoms with van der Waals surface area (Å²) in [5, 5.41) is 0. The highest BCUT2D eigenvalue weighted by molar-refractivity contribution is 6.00. The molecule has 0 bridgehead atoms. The van der Waals surface area contributed by atoms with E-state index in [9.17, 15) is 4.79 Å². The van der Waals surface area contributed by atoms with E-state index in [0.717, 1.165) is 30.1 Å². The molecule has 1 aliphatic heterocycles. The molecule has 1 saturated heterocycles. The van der Waals surface area contributed by atoms with Crippen LogP contribution in [-0.2, 0) is 0 Å². The second-order valence-electron chi connectivity index (χ2n) is 7.92. The average molecular weight is 440 g/mol. The van der Waals surface area contributed by atoms with Crippen molar-refractivity contribution < 1.29 is 13.9 Å². The molecule has 1 amide bonds. The zero-order chi connectivity index (χ0) is 22.6. The first-order valence-electron chi connectivity index (χ1n) is 11.0. The van der Waals surface area contributed by atoms with E-state index in [2.05, 4.69) is 16.0 Å². The van der Waals surface area contributed by atoms with Crippen LogP contribution in [0.5, 0.6) is 5.75 Å². The molecule has 0 unspecified atom stereocenters. The monoisotopic (exact) mass is 439 g/mol. The number of amides is 1. The van der Waals surface area contributed by atoms with Gasteiger partial charge >= 0.3 is 0 Å².